The summed E-state index contributed by atoms with van der Waals surface area (Å²) in [6.45, 7) is 6.88. The quantitative estimate of drug-likeness (QED) is 0.655. The third kappa shape index (κ3) is 4.29. The van der Waals surface area contributed by atoms with E-state index >= 15 is 0 Å². The Morgan fingerprint density at radius 1 is 1.57 bits per heavy atom. The summed E-state index contributed by atoms with van der Waals surface area (Å²) in [6, 6.07) is 0.341. The normalized spacial score (nSPS) is 14.8. The number of carbonyl (C=O) groups is 1. The minimum atomic E-state index is -0.768. The van der Waals surface area contributed by atoms with Gasteiger partial charge in [0.15, 0.2) is 0 Å². The summed E-state index contributed by atoms with van der Waals surface area (Å²) >= 11 is 0. The first-order valence-corrected chi connectivity index (χ1v) is 4.93. The van der Waals surface area contributed by atoms with Crippen LogP contribution in [0.4, 0.5) is 0 Å². The summed E-state index contributed by atoms with van der Waals surface area (Å²) in [5.41, 5.74) is 0. The Balaban J connectivity index is 4.23. The average Bonchev–Trinajstić information content (AvgIpc) is 2.15. The molecule has 3 heteroatoms. The molecule has 0 radical (unpaired) electrons. The van der Waals surface area contributed by atoms with Crippen LogP contribution in [0.15, 0.2) is 0 Å². The molecular formula is C11H19NO2. The number of aliphatic carboxylic acids is 1. The Morgan fingerprint density at radius 3 is 2.50 bits per heavy atom. The van der Waals surface area contributed by atoms with Gasteiger partial charge in [-0.25, -0.2) is 0 Å². The van der Waals surface area contributed by atoms with Gasteiger partial charge < -0.3 is 5.11 Å². The van der Waals surface area contributed by atoms with Gasteiger partial charge in [-0.2, -0.15) is 0 Å². The molecule has 2 unspecified atom stereocenters. The average molecular weight is 197 g/mol. The van der Waals surface area contributed by atoms with Crippen molar-refractivity contribution in [3.05, 3.63) is 0 Å². The lowest BCUT2D eigenvalue weighted by atomic mass is 10.1. The van der Waals surface area contributed by atoms with Crippen LogP contribution in [-0.4, -0.2) is 35.1 Å². The van der Waals surface area contributed by atoms with Crippen LogP contribution in [0.5, 0.6) is 0 Å². The lowest BCUT2D eigenvalue weighted by Crippen LogP contribution is -2.38. The second kappa shape index (κ2) is 6.44. The van der Waals surface area contributed by atoms with Gasteiger partial charge >= 0.3 is 5.97 Å². The summed E-state index contributed by atoms with van der Waals surface area (Å²) in [5, 5.41) is 8.78. The lowest BCUT2D eigenvalue weighted by Gasteiger charge is -2.27. The number of nitrogens with zero attached hydrogens (tertiary/aromatic N) is 1. The fourth-order valence-corrected chi connectivity index (χ4v) is 1.21. The third-order valence-electron chi connectivity index (χ3n) is 2.44. The standard InChI is InChI=1S/C11H19NO2/c1-5-7-12(10(4)6-2)8-9(3)11(13)14/h1,9-10H,6-8H2,2-4H3,(H,13,14). The fourth-order valence-electron chi connectivity index (χ4n) is 1.21. The Labute approximate surface area is 86.1 Å². The number of rotatable bonds is 6. The maximum absolute atomic E-state index is 10.7. The molecule has 0 saturated carbocycles. The molecule has 0 heterocycles. The molecule has 3 nitrogen and oxygen atoms in total. The van der Waals surface area contributed by atoms with Crippen molar-refractivity contribution in [2.75, 3.05) is 13.1 Å². The Bertz CT molecular complexity index is 220. The van der Waals surface area contributed by atoms with E-state index < -0.39 is 5.97 Å². The molecule has 0 bridgehead atoms. The highest BCUT2D eigenvalue weighted by Crippen LogP contribution is 2.07. The van der Waals surface area contributed by atoms with Crippen molar-refractivity contribution < 1.29 is 9.90 Å². The topological polar surface area (TPSA) is 40.5 Å². The summed E-state index contributed by atoms with van der Waals surface area (Å²) in [4.78, 5) is 12.7. The molecule has 1 N–H and O–H groups in total. The highest BCUT2D eigenvalue weighted by atomic mass is 16.4. The highest BCUT2D eigenvalue weighted by Gasteiger charge is 2.18. The van der Waals surface area contributed by atoms with Crippen molar-refractivity contribution in [1.29, 1.82) is 0 Å². The van der Waals surface area contributed by atoms with E-state index in [0.717, 1.165) is 6.42 Å². The molecule has 80 valence electrons. The zero-order chi connectivity index (χ0) is 11.1. The van der Waals surface area contributed by atoms with E-state index in [-0.39, 0.29) is 5.92 Å². The monoisotopic (exact) mass is 197 g/mol. The first-order chi connectivity index (χ1) is 6.52. The number of terminal acetylenes is 1. The van der Waals surface area contributed by atoms with Crippen molar-refractivity contribution in [2.45, 2.75) is 33.2 Å². The van der Waals surface area contributed by atoms with E-state index in [0.29, 0.717) is 19.1 Å². The van der Waals surface area contributed by atoms with Gasteiger partial charge in [-0.05, 0) is 13.3 Å². The molecule has 0 aromatic heterocycles. The molecule has 14 heavy (non-hydrogen) atoms. The van der Waals surface area contributed by atoms with Gasteiger partial charge in [0, 0.05) is 12.6 Å². The molecule has 0 aliphatic heterocycles. The number of carboxylic acid groups (broad SMARTS) is 1. The first kappa shape index (κ1) is 13.0. The third-order valence-corrected chi connectivity index (χ3v) is 2.44. The van der Waals surface area contributed by atoms with Crippen molar-refractivity contribution in [1.82, 2.24) is 4.90 Å². The van der Waals surface area contributed by atoms with Gasteiger partial charge in [0.2, 0.25) is 0 Å². The minimum absolute atomic E-state index is 0.341. The van der Waals surface area contributed by atoms with Crippen LogP contribution in [0.1, 0.15) is 27.2 Å². The molecule has 0 saturated heterocycles. The number of hydrogen-bond donors (Lipinski definition) is 1. The SMILES string of the molecule is C#CCN(CC(C)C(=O)O)C(C)CC. The summed E-state index contributed by atoms with van der Waals surface area (Å²) < 4.78 is 0. The van der Waals surface area contributed by atoms with Gasteiger partial charge in [-0.3, -0.25) is 9.69 Å². The number of hydrogen-bond acceptors (Lipinski definition) is 2. The molecular weight excluding hydrogens is 178 g/mol. The van der Waals surface area contributed by atoms with Crippen molar-refractivity contribution >= 4 is 5.97 Å². The molecule has 2 atom stereocenters. The van der Waals surface area contributed by atoms with E-state index in [4.69, 9.17) is 11.5 Å². The second-order valence-electron chi connectivity index (χ2n) is 3.63. The molecule has 0 aliphatic rings. The molecule has 0 amide bonds. The van der Waals surface area contributed by atoms with E-state index in [1.54, 1.807) is 6.92 Å². The van der Waals surface area contributed by atoms with Crippen molar-refractivity contribution in [3.63, 3.8) is 0 Å². The largest absolute Gasteiger partial charge is 0.481 e. The minimum Gasteiger partial charge on any atom is -0.481 e. The predicted octanol–water partition coefficient (Wildman–Crippen LogP) is 1.44. The Kier molecular flexibility index (Phi) is 5.98. The van der Waals surface area contributed by atoms with Gasteiger partial charge in [-0.1, -0.05) is 19.8 Å². The summed E-state index contributed by atoms with van der Waals surface area (Å²) in [7, 11) is 0. The van der Waals surface area contributed by atoms with Gasteiger partial charge in [0.05, 0.1) is 12.5 Å². The van der Waals surface area contributed by atoms with Crippen molar-refractivity contribution in [2.24, 2.45) is 5.92 Å². The molecule has 0 aromatic carbocycles. The fraction of sp³-hybridized carbons (Fsp3) is 0.727. The van der Waals surface area contributed by atoms with Crippen LogP contribution in [-0.2, 0) is 4.79 Å². The Morgan fingerprint density at radius 2 is 2.14 bits per heavy atom. The van der Waals surface area contributed by atoms with Crippen LogP contribution in [0.3, 0.4) is 0 Å². The van der Waals surface area contributed by atoms with Crippen molar-refractivity contribution in [3.8, 4) is 12.3 Å². The van der Waals surface area contributed by atoms with Gasteiger partial charge in [0.25, 0.3) is 0 Å². The molecule has 0 fully saturated rings. The maximum Gasteiger partial charge on any atom is 0.307 e. The zero-order valence-corrected chi connectivity index (χ0v) is 9.16. The first-order valence-electron chi connectivity index (χ1n) is 4.93. The van der Waals surface area contributed by atoms with Crippen LogP contribution in [0.2, 0.25) is 0 Å². The molecule has 0 rings (SSSR count). The van der Waals surface area contributed by atoms with Crippen LogP contribution in [0, 0.1) is 18.3 Å². The van der Waals surface area contributed by atoms with Crippen LogP contribution in [0.25, 0.3) is 0 Å². The maximum atomic E-state index is 10.7. The van der Waals surface area contributed by atoms with Gasteiger partial charge in [0.1, 0.15) is 0 Å². The molecule has 0 aromatic rings. The van der Waals surface area contributed by atoms with E-state index in [1.165, 1.54) is 0 Å². The Hall–Kier alpha value is -1.01. The highest BCUT2D eigenvalue weighted by molar-refractivity contribution is 5.69. The van der Waals surface area contributed by atoms with E-state index in [9.17, 15) is 4.79 Å². The lowest BCUT2D eigenvalue weighted by molar-refractivity contribution is -0.141. The summed E-state index contributed by atoms with van der Waals surface area (Å²) in [6.07, 6.45) is 6.21. The van der Waals surface area contributed by atoms with Crippen LogP contribution < -0.4 is 0 Å². The number of carboxylic acids is 1. The summed E-state index contributed by atoms with van der Waals surface area (Å²) in [5.74, 6) is 1.43. The van der Waals surface area contributed by atoms with Crippen LogP contribution >= 0.6 is 0 Å². The molecule has 0 aliphatic carbocycles. The predicted molar refractivity (Wildman–Crippen MR) is 57.0 cm³/mol. The van der Waals surface area contributed by atoms with E-state index in [2.05, 4.69) is 19.8 Å². The van der Waals surface area contributed by atoms with Gasteiger partial charge in [-0.15, -0.1) is 6.42 Å². The second-order valence-corrected chi connectivity index (χ2v) is 3.63. The zero-order valence-electron chi connectivity index (χ0n) is 9.16. The smallest absolute Gasteiger partial charge is 0.307 e. The molecule has 0 spiro atoms. The van der Waals surface area contributed by atoms with E-state index in [1.807, 2.05) is 4.90 Å².